The van der Waals surface area contributed by atoms with Gasteiger partial charge in [0.2, 0.25) is 18.1 Å². The molecule has 0 bridgehead atoms. The summed E-state index contributed by atoms with van der Waals surface area (Å²) in [5.74, 6) is -0.553. The summed E-state index contributed by atoms with van der Waals surface area (Å²) < 4.78 is 39.1. The standard InChI is InChI=1S/C34H53N3O18/c1-34(2)18(36-30(48)29(34)37-19(41)9-35)8-13-4-6-14(7-5-13)50-31-24(46)21(43)27(16(11-39)52-31)55-33-25(47)22(44)28(17(12-40)53-33)54-32-23(45)20(42)26(49-3)15(10-38)51-32/h4-7,15-18,20-29,31-33,38-40,42-47H,8-12,35H2,1-3H3,(H,36,48)(H,37,41). The number of nitrogens with one attached hydrogen (secondary N) is 2. The van der Waals surface area contributed by atoms with Gasteiger partial charge in [0.15, 0.2) is 12.6 Å². The number of benzene rings is 1. The van der Waals surface area contributed by atoms with Gasteiger partial charge in [-0.2, -0.15) is 0 Å². The van der Waals surface area contributed by atoms with Crippen LogP contribution in [0.1, 0.15) is 19.4 Å². The van der Waals surface area contributed by atoms with Crippen LogP contribution in [0.4, 0.5) is 0 Å². The number of hydrogen-bond donors (Lipinski definition) is 12. The van der Waals surface area contributed by atoms with Crippen LogP contribution in [0, 0.1) is 5.41 Å². The highest BCUT2D eigenvalue weighted by atomic mass is 16.8. The first kappa shape index (κ1) is 43.4. The Morgan fingerprint density at radius 3 is 1.69 bits per heavy atom. The molecule has 0 radical (unpaired) electrons. The van der Waals surface area contributed by atoms with Gasteiger partial charge >= 0.3 is 0 Å². The van der Waals surface area contributed by atoms with E-state index < -0.39 is 129 Å². The van der Waals surface area contributed by atoms with Gasteiger partial charge in [-0.25, -0.2) is 0 Å². The Labute approximate surface area is 315 Å². The van der Waals surface area contributed by atoms with E-state index in [9.17, 15) is 55.5 Å². The number of nitrogens with two attached hydrogens (primary N) is 1. The first-order chi connectivity index (χ1) is 26.1. The maximum absolute atomic E-state index is 12.6. The molecule has 1 aromatic carbocycles. The van der Waals surface area contributed by atoms with Crippen molar-refractivity contribution in [3.8, 4) is 5.75 Å². The molecule has 4 saturated heterocycles. The molecule has 21 nitrogen and oxygen atoms in total. The summed E-state index contributed by atoms with van der Waals surface area (Å²) in [5.41, 5.74) is 5.56. The third kappa shape index (κ3) is 9.07. The Morgan fingerprint density at radius 1 is 0.764 bits per heavy atom. The highest BCUT2D eigenvalue weighted by Gasteiger charge is 2.54. The molecule has 4 fully saturated rings. The maximum atomic E-state index is 12.6. The van der Waals surface area contributed by atoms with Gasteiger partial charge in [-0.3, -0.25) is 9.59 Å². The van der Waals surface area contributed by atoms with Crippen molar-refractivity contribution in [3.05, 3.63) is 29.8 Å². The topological polar surface area (TPSA) is 331 Å². The molecule has 0 aliphatic carbocycles. The largest absolute Gasteiger partial charge is 0.462 e. The van der Waals surface area contributed by atoms with Crippen molar-refractivity contribution in [2.45, 2.75) is 124 Å². The summed E-state index contributed by atoms with van der Waals surface area (Å²) in [7, 11) is 1.24. The maximum Gasteiger partial charge on any atom is 0.243 e. The van der Waals surface area contributed by atoms with E-state index in [0.29, 0.717) is 6.42 Å². The van der Waals surface area contributed by atoms with E-state index >= 15 is 0 Å². The van der Waals surface area contributed by atoms with E-state index in [0.717, 1.165) is 5.56 Å². The van der Waals surface area contributed by atoms with Crippen molar-refractivity contribution in [2.75, 3.05) is 33.5 Å². The Kier molecular flexibility index (Phi) is 14.4. The fourth-order valence-corrected chi connectivity index (χ4v) is 7.26. The van der Waals surface area contributed by atoms with Gasteiger partial charge in [0.05, 0.1) is 26.4 Å². The molecular formula is C34H53N3O18. The molecule has 312 valence electrons. The number of ether oxygens (including phenoxy) is 7. The molecule has 1 aromatic rings. The number of hydrogen-bond acceptors (Lipinski definition) is 19. The van der Waals surface area contributed by atoms with Crippen molar-refractivity contribution in [1.82, 2.24) is 10.6 Å². The number of aliphatic hydroxyl groups is 9. The lowest BCUT2D eigenvalue weighted by Crippen LogP contribution is -2.67. The van der Waals surface area contributed by atoms with E-state index in [1.165, 1.54) is 7.11 Å². The number of carbonyl (C=O) groups is 2. The lowest BCUT2D eigenvalue weighted by atomic mass is 9.78. The average molecular weight is 792 g/mol. The number of aliphatic hydroxyl groups excluding tert-OH is 9. The monoisotopic (exact) mass is 791 g/mol. The van der Waals surface area contributed by atoms with Crippen LogP contribution in [-0.2, 0) is 44.4 Å². The molecule has 17 unspecified atom stereocenters. The molecule has 4 aliphatic heterocycles. The third-order valence-corrected chi connectivity index (χ3v) is 10.6. The minimum absolute atomic E-state index is 0.215. The van der Waals surface area contributed by atoms with Crippen molar-refractivity contribution in [3.63, 3.8) is 0 Å². The second kappa shape index (κ2) is 18.3. The van der Waals surface area contributed by atoms with Gasteiger partial charge in [-0.05, 0) is 24.1 Å². The van der Waals surface area contributed by atoms with Gasteiger partial charge in [0.1, 0.15) is 85.0 Å². The molecular weight excluding hydrogens is 738 g/mol. The average Bonchev–Trinajstić information content (AvgIpc) is 3.38. The molecule has 21 heteroatoms. The Morgan fingerprint density at radius 2 is 1.22 bits per heavy atom. The number of rotatable bonds is 14. The molecule has 0 aromatic heterocycles. The summed E-state index contributed by atoms with van der Waals surface area (Å²) in [6.07, 6.45) is -23.5. The SMILES string of the molecule is COC1C(CO)OC(OC2C(CO)OC(OC3C(CO)OC(Oc4ccc(CC5NC(=O)C(NC(=O)CN)C5(C)C)cc4)C(O)C3O)C(O)C2O)C(O)C1O. The zero-order chi connectivity index (χ0) is 40.4. The van der Waals surface area contributed by atoms with Crippen molar-refractivity contribution < 1.29 is 88.7 Å². The lowest BCUT2D eigenvalue weighted by Gasteiger charge is -2.48. The van der Waals surface area contributed by atoms with Crippen LogP contribution in [0.5, 0.6) is 5.75 Å². The Bertz CT molecular complexity index is 1420. The highest BCUT2D eigenvalue weighted by molar-refractivity contribution is 5.91. The smallest absolute Gasteiger partial charge is 0.243 e. The van der Waals surface area contributed by atoms with Crippen molar-refractivity contribution in [2.24, 2.45) is 11.1 Å². The van der Waals surface area contributed by atoms with E-state index in [1.807, 2.05) is 13.8 Å². The fourth-order valence-electron chi connectivity index (χ4n) is 7.26. The molecule has 55 heavy (non-hydrogen) atoms. The van der Waals surface area contributed by atoms with E-state index in [2.05, 4.69) is 10.6 Å². The highest BCUT2D eigenvalue weighted by Crippen LogP contribution is 2.35. The molecule has 13 N–H and O–H groups in total. The first-order valence-electron chi connectivity index (χ1n) is 17.9. The van der Waals surface area contributed by atoms with Crippen LogP contribution >= 0.6 is 0 Å². The van der Waals surface area contributed by atoms with Crippen LogP contribution in [0.15, 0.2) is 24.3 Å². The summed E-state index contributed by atoms with van der Waals surface area (Å²) in [6.45, 7) is 1.24. The van der Waals surface area contributed by atoms with Gasteiger partial charge in [-0.1, -0.05) is 26.0 Å². The number of methoxy groups -OCH3 is 1. The minimum Gasteiger partial charge on any atom is -0.462 e. The summed E-state index contributed by atoms with van der Waals surface area (Å²) in [4.78, 5) is 24.5. The minimum atomic E-state index is -1.94. The molecule has 5 rings (SSSR count). The molecule has 4 heterocycles. The van der Waals surface area contributed by atoms with Gasteiger partial charge < -0.3 is 95.5 Å². The van der Waals surface area contributed by atoms with Crippen LogP contribution < -0.4 is 21.1 Å². The lowest BCUT2D eigenvalue weighted by molar-refractivity contribution is -0.377. The Balaban J connectivity index is 1.19. The van der Waals surface area contributed by atoms with Gasteiger partial charge in [-0.15, -0.1) is 0 Å². The normalized spacial score (nSPS) is 41.8. The molecule has 2 amide bonds. The van der Waals surface area contributed by atoms with Crippen LogP contribution in [0.3, 0.4) is 0 Å². The molecule has 17 atom stereocenters. The number of amides is 2. The van der Waals surface area contributed by atoms with Crippen molar-refractivity contribution >= 4 is 11.8 Å². The summed E-state index contributed by atoms with van der Waals surface area (Å²) >= 11 is 0. The zero-order valence-electron chi connectivity index (χ0n) is 30.4. The van der Waals surface area contributed by atoms with Gasteiger partial charge in [0, 0.05) is 18.6 Å². The third-order valence-electron chi connectivity index (χ3n) is 10.6. The molecule has 0 saturated carbocycles. The van der Waals surface area contributed by atoms with Crippen molar-refractivity contribution in [1.29, 1.82) is 0 Å². The second-order valence-corrected chi connectivity index (χ2v) is 14.6. The predicted octanol–water partition coefficient (Wildman–Crippen LogP) is -6.32. The fraction of sp³-hybridized carbons (Fsp3) is 0.765. The summed E-state index contributed by atoms with van der Waals surface area (Å²) in [5, 5.41) is 100. The van der Waals surface area contributed by atoms with E-state index in [1.54, 1.807) is 24.3 Å². The predicted molar refractivity (Wildman–Crippen MR) is 181 cm³/mol. The zero-order valence-corrected chi connectivity index (χ0v) is 30.4. The first-order valence-corrected chi connectivity index (χ1v) is 17.9. The van der Waals surface area contributed by atoms with Crippen LogP contribution in [0.2, 0.25) is 0 Å². The van der Waals surface area contributed by atoms with Gasteiger partial charge in [0.25, 0.3) is 0 Å². The van der Waals surface area contributed by atoms with Crippen LogP contribution in [-0.4, -0.2) is 195 Å². The van der Waals surface area contributed by atoms with E-state index in [4.69, 9.17) is 38.9 Å². The summed E-state index contributed by atoms with van der Waals surface area (Å²) in [6, 6.07) is 5.49. The van der Waals surface area contributed by atoms with Crippen LogP contribution in [0.25, 0.3) is 0 Å². The molecule has 0 spiro atoms. The quantitative estimate of drug-likeness (QED) is 0.0834. The Hall–Kier alpha value is -2.68. The number of carbonyl (C=O) groups excluding carboxylic acids is 2. The van der Waals surface area contributed by atoms with E-state index in [-0.39, 0.29) is 24.2 Å². The second-order valence-electron chi connectivity index (χ2n) is 14.6. The molecule has 4 aliphatic rings.